The van der Waals surface area contributed by atoms with Gasteiger partial charge < -0.3 is 4.40 Å². The van der Waals surface area contributed by atoms with E-state index >= 15 is 0 Å². The maximum Gasteiger partial charge on any atom is 0.137 e. The van der Waals surface area contributed by atoms with Gasteiger partial charge in [-0.15, -0.1) is 0 Å². The van der Waals surface area contributed by atoms with Crippen molar-refractivity contribution in [3.63, 3.8) is 0 Å². The van der Waals surface area contributed by atoms with Crippen LogP contribution in [0, 0.1) is 6.92 Å². The van der Waals surface area contributed by atoms with Gasteiger partial charge in [0.05, 0.1) is 0 Å². The SMILES string of the molecule is CCc1cnc2cc(C)ccn12. The number of pyridine rings is 1. The van der Waals surface area contributed by atoms with Crippen molar-refractivity contribution in [3.8, 4) is 0 Å². The summed E-state index contributed by atoms with van der Waals surface area (Å²) in [5, 5.41) is 0. The normalized spacial score (nSPS) is 10.8. The predicted octanol–water partition coefficient (Wildman–Crippen LogP) is 2.21. The third-order valence-corrected chi connectivity index (χ3v) is 2.11. The smallest absolute Gasteiger partial charge is 0.137 e. The summed E-state index contributed by atoms with van der Waals surface area (Å²) in [5.41, 5.74) is 3.58. The van der Waals surface area contributed by atoms with Crippen LogP contribution in [0.4, 0.5) is 0 Å². The van der Waals surface area contributed by atoms with Crippen molar-refractivity contribution in [3.05, 3.63) is 35.8 Å². The number of hydrogen-bond donors (Lipinski definition) is 0. The number of hydrogen-bond acceptors (Lipinski definition) is 1. The minimum atomic E-state index is 1.03. The Morgan fingerprint density at radius 3 is 3.08 bits per heavy atom. The van der Waals surface area contributed by atoms with Gasteiger partial charge >= 0.3 is 0 Å². The molecule has 0 radical (unpaired) electrons. The number of fused-ring (bicyclic) bond motifs is 1. The van der Waals surface area contributed by atoms with Crippen molar-refractivity contribution in [2.75, 3.05) is 0 Å². The Morgan fingerprint density at radius 2 is 2.33 bits per heavy atom. The molecule has 0 aliphatic heterocycles. The molecule has 0 amide bonds. The van der Waals surface area contributed by atoms with Crippen molar-refractivity contribution < 1.29 is 0 Å². The molecule has 0 bridgehead atoms. The van der Waals surface area contributed by atoms with Crippen LogP contribution in [0.25, 0.3) is 5.65 Å². The van der Waals surface area contributed by atoms with Gasteiger partial charge in [-0.2, -0.15) is 0 Å². The standard InChI is InChI=1S/C10H12N2/c1-3-9-7-11-10-6-8(2)4-5-12(9)10/h4-7H,3H2,1-2H3. The molecule has 0 saturated heterocycles. The first-order chi connectivity index (χ1) is 5.81. The first kappa shape index (κ1) is 7.35. The molecular formula is C10H12N2. The fourth-order valence-corrected chi connectivity index (χ4v) is 1.40. The molecule has 2 rings (SSSR count). The number of rotatable bonds is 1. The molecule has 0 aliphatic rings. The van der Waals surface area contributed by atoms with Crippen molar-refractivity contribution in [1.29, 1.82) is 0 Å². The third-order valence-electron chi connectivity index (χ3n) is 2.11. The number of aryl methyl sites for hydroxylation is 2. The molecule has 0 fully saturated rings. The van der Waals surface area contributed by atoms with Crippen LogP contribution in [0.5, 0.6) is 0 Å². The maximum atomic E-state index is 4.31. The molecule has 2 heterocycles. The molecule has 0 aromatic carbocycles. The zero-order valence-electron chi connectivity index (χ0n) is 7.41. The Balaban J connectivity index is 2.73. The van der Waals surface area contributed by atoms with Gasteiger partial charge in [0.25, 0.3) is 0 Å². The van der Waals surface area contributed by atoms with Crippen molar-refractivity contribution in [2.24, 2.45) is 0 Å². The average Bonchev–Trinajstić information content (AvgIpc) is 2.46. The highest BCUT2D eigenvalue weighted by Crippen LogP contribution is 2.08. The van der Waals surface area contributed by atoms with Gasteiger partial charge in [-0.3, -0.25) is 0 Å². The van der Waals surface area contributed by atoms with E-state index in [1.165, 1.54) is 11.3 Å². The van der Waals surface area contributed by atoms with Gasteiger partial charge in [0.1, 0.15) is 5.65 Å². The zero-order chi connectivity index (χ0) is 8.55. The topological polar surface area (TPSA) is 17.3 Å². The molecule has 2 nitrogen and oxygen atoms in total. The van der Waals surface area contributed by atoms with E-state index in [4.69, 9.17) is 0 Å². The van der Waals surface area contributed by atoms with Crippen LogP contribution in [-0.4, -0.2) is 9.38 Å². The van der Waals surface area contributed by atoms with E-state index in [9.17, 15) is 0 Å². The van der Waals surface area contributed by atoms with Gasteiger partial charge in [-0.1, -0.05) is 6.92 Å². The molecule has 0 saturated carbocycles. The van der Waals surface area contributed by atoms with E-state index in [-0.39, 0.29) is 0 Å². The van der Waals surface area contributed by atoms with Crippen LogP contribution in [0.1, 0.15) is 18.2 Å². The fourth-order valence-electron chi connectivity index (χ4n) is 1.40. The van der Waals surface area contributed by atoms with Gasteiger partial charge in [-0.05, 0) is 31.0 Å². The monoisotopic (exact) mass is 160 g/mol. The van der Waals surface area contributed by atoms with E-state index in [1.54, 1.807) is 0 Å². The minimum absolute atomic E-state index is 1.03. The lowest BCUT2D eigenvalue weighted by Gasteiger charge is -1.98. The minimum Gasteiger partial charge on any atom is -0.304 e. The second-order valence-electron chi connectivity index (χ2n) is 3.04. The zero-order valence-corrected chi connectivity index (χ0v) is 7.41. The fraction of sp³-hybridized carbons (Fsp3) is 0.300. The molecule has 2 aromatic heterocycles. The lowest BCUT2D eigenvalue weighted by atomic mass is 10.3. The first-order valence-corrected chi connectivity index (χ1v) is 4.24. The molecule has 2 aromatic rings. The summed E-state index contributed by atoms with van der Waals surface area (Å²) in [7, 11) is 0. The molecular weight excluding hydrogens is 148 g/mol. The molecule has 0 unspecified atom stereocenters. The van der Waals surface area contributed by atoms with Gasteiger partial charge in [-0.25, -0.2) is 4.98 Å². The Morgan fingerprint density at radius 1 is 1.50 bits per heavy atom. The first-order valence-electron chi connectivity index (χ1n) is 4.24. The lowest BCUT2D eigenvalue weighted by molar-refractivity contribution is 0.993. The lowest BCUT2D eigenvalue weighted by Crippen LogP contribution is -1.89. The van der Waals surface area contributed by atoms with E-state index in [1.807, 2.05) is 6.20 Å². The van der Waals surface area contributed by atoms with E-state index in [2.05, 4.69) is 41.6 Å². The highest BCUT2D eigenvalue weighted by Gasteiger charge is 1.99. The average molecular weight is 160 g/mol. The molecule has 0 aliphatic carbocycles. The molecule has 0 atom stereocenters. The third kappa shape index (κ3) is 0.998. The highest BCUT2D eigenvalue weighted by atomic mass is 15.0. The molecule has 12 heavy (non-hydrogen) atoms. The van der Waals surface area contributed by atoms with Gasteiger partial charge in [0.2, 0.25) is 0 Å². The summed E-state index contributed by atoms with van der Waals surface area (Å²) in [6.45, 7) is 4.23. The van der Waals surface area contributed by atoms with Crippen molar-refractivity contribution in [2.45, 2.75) is 20.3 Å². The Bertz CT molecular complexity index is 401. The highest BCUT2D eigenvalue weighted by molar-refractivity contribution is 5.42. The summed E-state index contributed by atoms with van der Waals surface area (Å²) >= 11 is 0. The second kappa shape index (κ2) is 2.63. The van der Waals surface area contributed by atoms with E-state index in [0.29, 0.717) is 0 Å². The van der Waals surface area contributed by atoms with Crippen molar-refractivity contribution in [1.82, 2.24) is 9.38 Å². The van der Waals surface area contributed by atoms with Crippen LogP contribution in [0.15, 0.2) is 24.5 Å². The maximum absolute atomic E-state index is 4.31. The summed E-state index contributed by atoms with van der Waals surface area (Å²) in [6.07, 6.45) is 5.05. The molecule has 0 spiro atoms. The predicted molar refractivity (Wildman–Crippen MR) is 49.3 cm³/mol. The largest absolute Gasteiger partial charge is 0.304 e. The van der Waals surface area contributed by atoms with Gasteiger partial charge in [0.15, 0.2) is 0 Å². The molecule has 62 valence electrons. The van der Waals surface area contributed by atoms with Crippen LogP contribution in [0.2, 0.25) is 0 Å². The van der Waals surface area contributed by atoms with Gasteiger partial charge in [0, 0.05) is 18.1 Å². The Kier molecular flexibility index (Phi) is 1.61. The Labute approximate surface area is 71.9 Å². The van der Waals surface area contributed by atoms with E-state index < -0.39 is 0 Å². The Hall–Kier alpha value is -1.31. The molecule has 0 N–H and O–H groups in total. The summed E-state index contributed by atoms with van der Waals surface area (Å²) in [4.78, 5) is 4.31. The van der Waals surface area contributed by atoms with Crippen LogP contribution < -0.4 is 0 Å². The second-order valence-corrected chi connectivity index (χ2v) is 3.04. The van der Waals surface area contributed by atoms with E-state index in [0.717, 1.165) is 12.1 Å². The quantitative estimate of drug-likeness (QED) is 0.625. The van der Waals surface area contributed by atoms with Crippen molar-refractivity contribution >= 4 is 5.65 Å². The van der Waals surface area contributed by atoms with Crippen LogP contribution in [0.3, 0.4) is 0 Å². The molecule has 2 heteroatoms. The van der Waals surface area contributed by atoms with Crippen LogP contribution >= 0.6 is 0 Å². The summed E-state index contributed by atoms with van der Waals surface area (Å²) < 4.78 is 2.13. The number of nitrogens with zero attached hydrogens (tertiary/aromatic N) is 2. The van der Waals surface area contributed by atoms with Crippen LogP contribution in [-0.2, 0) is 6.42 Å². The number of aromatic nitrogens is 2. The number of imidazole rings is 1. The summed E-state index contributed by atoms with van der Waals surface area (Å²) in [5.74, 6) is 0. The summed E-state index contributed by atoms with van der Waals surface area (Å²) in [6, 6.07) is 4.20.